The molecule has 0 unspecified atom stereocenters. The lowest BCUT2D eigenvalue weighted by Gasteiger charge is -2.10. The van der Waals surface area contributed by atoms with Gasteiger partial charge in [0.1, 0.15) is 6.61 Å². The summed E-state index contributed by atoms with van der Waals surface area (Å²) >= 11 is 0. The Morgan fingerprint density at radius 2 is 1.15 bits per heavy atom. The molecule has 0 aliphatic rings. The van der Waals surface area contributed by atoms with Crippen molar-refractivity contribution in [1.29, 1.82) is 0 Å². The quantitative estimate of drug-likeness (QED) is 0.259. The van der Waals surface area contributed by atoms with Crippen molar-refractivity contribution >= 4 is 17.5 Å². The van der Waals surface area contributed by atoms with Crippen LogP contribution in [0, 0.1) is 0 Å². The Hall–Kier alpha value is -4.31. The molecule has 0 heterocycles. The van der Waals surface area contributed by atoms with Crippen LogP contribution in [0.1, 0.15) is 49.1 Å². The summed E-state index contributed by atoms with van der Waals surface area (Å²) in [5.41, 5.74) is 4.44. The van der Waals surface area contributed by atoms with Crippen molar-refractivity contribution in [3.8, 4) is 11.1 Å². The maximum absolute atomic E-state index is 13.2. The van der Waals surface area contributed by atoms with Gasteiger partial charge in [-0.25, -0.2) is 4.79 Å². The molecule has 0 amide bonds. The summed E-state index contributed by atoms with van der Waals surface area (Å²) in [5.74, 6) is -0.841. The van der Waals surface area contributed by atoms with E-state index in [0.717, 1.165) is 16.7 Å². The molecule has 0 fully saturated rings. The highest BCUT2D eigenvalue weighted by Crippen LogP contribution is 2.22. The van der Waals surface area contributed by atoms with E-state index in [4.69, 9.17) is 4.74 Å². The molecule has 4 heteroatoms. The Morgan fingerprint density at radius 1 is 0.606 bits per heavy atom. The Morgan fingerprint density at radius 3 is 1.79 bits per heavy atom. The lowest BCUT2D eigenvalue weighted by atomic mass is 9.96. The zero-order valence-corrected chi connectivity index (χ0v) is 18.2. The molecule has 33 heavy (non-hydrogen) atoms. The third kappa shape index (κ3) is 5.13. The zero-order valence-electron chi connectivity index (χ0n) is 18.2. The minimum absolute atomic E-state index is 0.0252. The number of carbonyl (C=O) groups is 3. The smallest absolute Gasteiger partial charge is 0.339 e. The second-order valence-corrected chi connectivity index (χ2v) is 7.65. The highest BCUT2D eigenvalue weighted by molar-refractivity contribution is 6.14. The zero-order chi connectivity index (χ0) is 23.2. The number of benzene rings is 4. The Kier molecular flexibility index (Phi) is 6.56. The Balaban J connectivity index is 1.50. The van der Waals surface area contributed by atoms with Gasteiger partial charge in [-0.1, -0.05) is 97.1 Å². The van der Waals surface area contributed by atoms with E-state index < -0.39 is 5.97 Å². The molecule has 0 saturated carbocycles. The van der Waals surface area contributed by atoms with Crippen molar-refractivity contribution < 1.29 is 19.1 Å². The Labute approximate surface area is 192 Å². The van der Waals surface area contributed by atoms with Gasteiger partial charge in [0.05, 0.1) is 5.56 Å². The van der Waals surface area contributed by atoms with Gasteiger partial charge in [-0.2, -0.15) is 0 Å². The minimum atomic E-state index is -0.574. The fraction of sp³-hybridized carbons (Fsp3) is 0.0690. The van der Waals surface area contributed by atoms with Crippen molar-refractivity contribution in [3.05, 3.63) is 131 Å². The SMILES string of the molecule is CC(=O)c1ccc(COC(=O)c2ccccc2C(=O)c2ccc(-c3ccccc3)cc2)cc1. The number of hydrogen-bond donors (Lipinski definition) is 0. The lowest BCUT2D eigenvalue weighted by molar-refractivity contribution is 0.0470. The maximum atomic E-state index is 13.2. The van der Waals surface area contributed by atoms with E-state index in [0.29, 0.717) is 16.7 Å². The average molecular weight is 434 g/mol. The van der Waals surface area contributed by atoms with Crippen LogP contribution in [0.4, 0.5) is 0 Å². The summed E-state index contributed by atoms with van der Waals surface area (Å²) in [4.78, 5) is 37.3. The molecule has 0 aromatic heterocycles. The summed E-state index contributed by atoms with van der Waals surface area (Å²) in [6.07, 6.45) is 0. The van der Waals surface area contributed by atoms with Gasteiger partial charge in [0.2, 0.25) is 0 Å². The fourth-order valence-electron chi connectivity index (χ4n) is 3.52. The van der Waals surface area contributed by atoms with Crippen LogP contribution >= 0.6 is 0 Å². The number of carbonyl (C=O) groups excluding carboxylic acids is 3. The Bertz CT molecular complexity index is 1290. The predicted octanol–water partition coefficient (Wildman–Crippen LogP) is 6.14. The van der Waals surface area contributed by atoms with Crippen LogP contribution in [-0.4, -0.2) is 17.5 Å². The third-order valence-corrected chi connectivity index (χ3v) is 5.38. The molecule has 0 saturated heterocycles. The first-order valence-corrected chi connectivity index (χ1v) is 10.6. The van der Waals surface area contributed by atoms with Crippen LogP contribution in [0.5, 0.6) is 0 Å². The molecule has 0 aliphatic heterocycles. The average Bonchev–Trinajstić information content (AvgIpc) is 2.87. The highest BCUT2D eigenvalue weighted by atomic mass is 16.5. The van der Waals surface area contributed by atoms with Crippen molar-refractivity contribution in [3.63, 3.8) is 0 Å². The molecule has 0 bridgehead atoms. The van der Waals surface area contributed by atoms with Crippen molar-refractivity contribution in [1.82, 2.24) is 0 Å². The molecular weight excluding hydrogens is 412 g/mol. The van der Waals surface area contributed by atoms with Gasteiger partial charge in [0.25, 0.3) is 0 Å². The van der Waals surface area contributed by atoms with E-state index in [9.17, 15) is 14.4 Å². The molecule has 162 valence electrons. The first kappa shape index (κ1) is 21.9. The largest absolute Gasteiger partial charge is 0.457 e. The van der Waals surface area contributed by atoms with E-state index in [2.05, 4.69) is 0 Å². The molecule has 0 N–H and O–H groups in total. The number of ether oxygens (including phenoxy) is 1. The molecule has 4 aromatic rings. The summed E-state index contributed by atoms with van der Waals surface area (Å²) in [6, 6.07) is 30.8. The van der Waals surface area contributed by atoms with Gasteiger partial charge in [-0.05, 0) is 29.7 Å². The molecule has 4 rings (SSSR count). The van der Waals surface area contributed by atoms with E-state index >= 15 is 0 Å². The van der Waals surface area contributed by atoms with E-state index in [1.807, 2.05) is 42.5 Å². The van der Waals surface area contributed by atoms with Crippen LogP contribution in [0.25, 0.3) is 11.1 Å². The maximum Gasteiger partial charge on any atom is 0.339 e. The molecule has 0 radical (unpaired) electrons. The molecule has 0 aliphatic carbocycles. The summed E-state index contributed by atoms with van der Waals surface area (Å²) in [6.45, 7) is 1.55. The van der Waals surface area contributed by atoms with Crippen LogP contribution in [0.15, 0.2) is 103 Å². The van der Waals surface area contributed by atoms with E-state index in [1.165, 1.54) is 6.92 Å². The molecule has 0 atom stereocenters. The highest BCUT2D eigenvalue weighted by Gasteiger charge is 2.19. The van der Waals surface area contributed by atoms with Crippen LogP contribution in [0.3, 0.4) is 0 Å². The van der Waals surface area contributed by atoms with Gasteiger partial charge >= 0.3 is 5.97 Å². The second kappa shape index (κ2) is 9.88. The van der Waals surface area contributed by atoms with E-state index in [-0.39, 0.29) is 23.7 Å². The minimum Gasteiger partial charge on any atom is -0.457 e. The standard InChI is InChI=1S/C29H22O4/c1-20(30)22-13-11-21(12-14-22)19-33-29(32)27-10-6-5-9-26(27)28(31)25-17-15-24(16-18-25)23-7-3-2-4-8-23/h2-18H,19H2,1H3. The van der Waals surface area contributed by atoms with Crippen LogP contribution < -0.4 is 0 Å². The van der Waals surface area contributed by atoms with Gasteiger partial charge in [0, 0.05) is 16.7 Å². The van der Waals surface area contributed by atoms with Crippen molar-refractivity contribution in [2.24, 2.45) is 0 Å². The van der Waals surface area contributed by atoms with Crippen LogP contribution in [0.2, 0.25) is 0 Å². The number of esters is 1. The van der Waals surface area contributed by atoms with Gasteiger partial charge in [0.15, 0.2) is 11.6 Å². The van der Waals surface area contributed by atoms with Gasteiger partial charge in [-0.15, -0.1) is 0 Å². The molecular formula is C29H22O4. The first-order chi connectivity index (χ1) is 16.0. The lowest BCUT2D eigenvalue weighted by Crippen LogP contribution is -2.12. The third-order valence-electron chi connectivity index (χ3n) is 5.38. The molecule has 4 aromatic carbocycles. The number of rotatable bonds is 7. The fourth-order valence-corrected chi connectivity index (χ4v) is 3.52. The summed E-state index contributed by atoms with van der Waals surface area (Å²) < 4.78 is 5.44. The number of ketones is 2. The van der Waals surface area contributed by atoms with Gasteiger partial charge < -0.3 is 4.74 Å². The summed E-state index contributed by atoms with van der Waals surface area (Å²) in [5, 5.41) is 0. The van der Waals surface area contributed by atoms with Gasteiger partial charge in [-0.3, -0.25) is 9.59 Å². The monoisotopic (exact) mass is 434 g/mol. The number of hydrogen-bond acceptors (Lipinski definition) is 4. The summed E-state index contributed by atoms with van der Waals surface area (Å²) in [7, 11) is 0. The first-order valence-electron chi connectivity index (χ1n) is 10.6. The van der Waals surface area contributed by atoms with Crippen molar-refractivity contribution in [2.45, 2.75) is 13.5 Å². The second-order valence-electron chi connectivity index (χ2n) is 7.65. The van der Waals surface area contributed by atoms with Crippen molar-refractivity contribution in [2.75, 3.05) is 0 Å². The van der Waals surface area contributed by atoms with E-state index in [1.54, 1.807) is 60.7 Å². The normalized spacial score (nSPS) is 10.5. The molecule has 0 spiro atoms. The topological polar surface area (TPSA) is 60.4 Å². The number of Topliss-reactive ketones (excluding diaryl/α,β-unsaturated/α-hetero) is 1. The predicted molar refractivity (Wildman–Crippen MR) is 127 cm³/mol. The molecule has 4 nitrogen and oxygen atoms in total. The van der Waals surface area contributed by atoms with Crippen LogP contribution in [-0.2, 0) is 11.3 Å².